The van der Waals surface area contributed by atoms with Crippen LogP contribution in [0, 0.1) is 0 Å². The van der Waals surface area contributed by atoms with Gasteiger partial charge in [-0.3, -0.25) is 4.79 Å². The Morgan fingerprint density at radius 3 is 2.52 bits per heavy atom. The molecule has 0 aliphatic carbocycles. The number of carbonyl (C=O) groups is 1. The van der Waals surface area contributed by atoms with Gasteiger partial charge < -0.3 is 19.5 Å². The van der Waals surface area contributed by atoms with E-state index in [4.69, 9.17) is 4.74 Å². The molecule has 0 unspecified atom stereocenters. The maximum absolute atomic E-state index is 13.6. The first-order valence-electron chi connectivity index (χ1n) is 11.0. The molecular formula is C26H25N5O2. The third-order valence-electron chi connectivity index (χ3n) is 5.70. The fourth-order valence-corrected chi connectivity index (χ4v) is 3.95. The lowest BCUT2D eigenvalue weighted by atomic mass is 10.0. The molecule has 7 heteroatoms. The Hall–Kier alpha value is -3.97. The molecule has 1 aliphatic heterocycles. The lowest BCUT2D eigenvalue weighted by molar-refractivity contribution is 0.0984. The Kier molecular flexibility index (Phi) is 6.12. The van der Waals surface area contributed by atoms with Crippen LogP contribution in [-0.4, -0.2) is 47.2 Å². The quantitative estimate of drug-likeness (QED) is 0.488. The Morgan fingerprint density at radius 2 is 1.79 bits per heavy atom. The summed E-state index contributed by atoms with van der Waals surface area (Å²) >= 11 is 0. The second-order valence-electron chi connectivity index (χ2n) is 7.85. The summed E-state index contributed by atoms with van der Waals surface area (Å²) in [6.07, 6.45) is 5.11. The topological polar surface area (TPSA) is 74.4 Å². The van der Waals surface area contributed by atoms with Crippen molar-refractivity contribution in [3.63, 3.8) is 0 Å². The van der Waals surface area contributed by atoms with E-state index in [1.54, 1.807) is 23.5 Å². The van der Waals surface area contributed by atoms with Crippen molar-refractivity contribution in [3.05, 3.63) is 96.7 Å². The number of ether oxygens (including phenoxy) is 1. The van der Waals surface area contributed by atoms with E-state index in [9.17, 15) is 4.79 Å². The second kappa shape index (κ2) is 9.67. The van der Waals surface area contributed by atoms with Crippen molar-refractivity contribution in [2.24, 2.45) is 0 Å². The average molecular weight is 440 g/mol. The van der Waals surface area contributed by atoms with Crippen LogP contribution in [0.15, 0.2) is 85.3 Å². The van der Waals surface area contributed by atoms with Crippen LogP contribution in [0.1, 0.15) is 16.2 Å². The number of H-pyrrole nitrogens is 1. The number of benzene rings is 2. The van der Waals surface area contributed by atoms with Gasteiger partial charge in [0, 0.05) is 37.4 Å². The van der Waals surface area contributed by atoms with Gasteiger partial charge in [0.25, 0.3) is 5.91 Å². The maximum atomic E-state index is 13.6. The van der Waals surface area contributed by atoms with Crippen LogP contribution < -0.4 is 9.80 Å². The zero-order valence-corrected chi connectivity index (χ0v) is 18.2. The zero-order chi connectivity index (χ0) is 22.5. The fourth-order valence-electron chi connectivity index (χ4n) is 3.95. The van der Waals surface area contributed by atoms with E-state index in [1.165, 1.54) is 0 Å². The number of pyridine rings is 1. The van der Waals surface area contributed by atoms with Crippen molar-refractivity contribution in [1.82, 2.24) is 15.0 Å². The predicted molar refractivity (Wildman–Crippen MR) is 128 cm³/mol. The highest BCUT2D eigenvalue weighted by atomic mass is 16.5. The van der Waals surface area contributed by atoms with Crippen molar-refractivity contribution >= 4 is 17.4 Å². The van der Waals surface area contributed by atoms with E-state index in [0.29, 0.717) is 31.1 Å². The number of anilines is 2. The molecule has 1 N–H and O–H groups in total. The molecular weight excluding hydrogens is 414 g/mol. The molecule has 1 fully saturated rings. The third-order valence-corrected chi connectivity index (χ3v) is 5.70. The van der Waals surface area contributed by atoms with Gasteiger partial charge in [-0.25, -0.2) is 9.97 Å². The van der Waals surface area contributed by atoms with Crippen LogP contribution >= 0.6 is 0 Å². The summed E-state index contributed by atoms with van der Waals surface area (Å²) in [5.74, 6) is 1.45. The Balaban J connectivity index is 1.45. The number of nitrogens with one attached hydrogen (secondary N) is 1. The van der Waals surface area contributed by atoms with Crippen molar-refractivity contribution in [2.45, 2.75) is 6.54 Å². The monoisotopic (exact) mass is 439 g/mol. The Bertz CT molecular complexity index is 1190. The van der Waals surface area contributed by atoms with Gasteiger partial charge in [-0.05, 0) is 35.4 Å². The number of amides is 1. The van der Waals surface area contributed by atoms with Gasteiger partial charge in [0.2, 0.25) is 0 Å². The normalized spacial score (nSPS) is 13.6. The van der Waals surface area contributed by atoms with Crippen LogP contribution in [0.25, 0.3) is 11.1 Å². The molecule has 2 aromatic carbocycles. The molecule has 2 aromatic heterocycles. The molecule has 1 saturated heterocycles. The minimum atomic E-state index is -0.127. The SMILES string of the molecule is O=C(c1ccc(N2CCOCC2)nc1)N(Cc1ncc[nH]1)c1cccc(-c2ccccc2)c1. The number of imidazole rings is 1. The molecule has 5 rings (SSSR count). The van der Waals surface area contributed by atoms with Crippen LogP contribution in [0.5, 0.6) is 0 Å². The second-order valence-corrected chi connectivity index (χ2v) is 7.85. The highest BCUT2D eigenvalue weighted by molar-refractivity contribution is 6.06. The van der Waals surface area contributed by atoms with Gasteiger partial charge in [0.15, 0.2) is 0 Å². The number of nitrogens with zero attached hydrogens (tertiary/aromatic N) is 4. The smallest absolute Gasteiger partial charge is 0.260 e. The standard InChI is InChI=1S/C26H25N5O2/c32-26(22-9-10-25(29-18-22)30-13-15-33-16-14-30)31(19-24-27-11-12-28-24)23-8-4-7-21(17-23)20-5-2-1-3-6-20/h1-12,17-18H,13-16,19H2,(H,27,28). The zero-order valence-electron chi connectivity index (χ0n) is 18.2. The Morgan fingerprint density at radius 1 is 0.970 bits per heavy atom. The van der Waals surface area contributed by atoms with Gasteiger partial charge in [-0.2, -0.15) is 0 Å². The largest absolute Gasteiger partial charge is 0.378 e. The number of morpholine rings is 1. The number of aromatic nitrogens is 3. The minimum Gasteiger partial charge on any atom is -0.378 e. The van der Waals surface area contributed by atoms with Crippen LogP contribution in [0.3, 0.4) is 0 Å². The van der Waals surface area contributed by atoms with E-state index in [1.807, 2.05) is 54.6 Å². The van der Waals surface area contributed by atoms with E-state index in [-0.39, 0.29) is 5.91 Å². The molecule has 0 saturated carbocycles. The summed E-state index contributed by atoms with van der Waals surface area (Å²) in [5.41, 5.74) is 3.48. The third kappa shape index (κ3) is 4.78. The van der Waals surface area contributed by atoms with Crippen molar-refractivity contribution in [1.29, 1.82) is 0 Å². The van der Waals surface area contributed by atoms with Gasteiger partial charge >= 0.3 is 0 Å². The van der Waals surface area contributed by atoms with Gasteiger partial charge in [-0.1, -0.05) is 42.5 Å². The molecule has 0 bridgehead atoms. The number of hydrogen-bond acceptors (Lipinski definition) is 5. The molecule has 1 aliphatic rings. The summed E-state index contributed by atoms with van der Waals surface area (Å²) in [4.78, 5) is 29.5. The van der Waals surface area contributed by atoms with Gasteiger partial charge in [0.1, 0.15) is 11.6 Å². The number of rotatable bonds is 6. The van der Waals surface area contributed by atoms with Crippen LogP contribution in [0.4, 0.5) is 11.5 Å². The highest BCUT2D eigenvalue weighted by Gasteiger charge is 2.21. The molecule has 1 amide bonds. The molecule has 4 aromatic rings. The van der Waals surface area contributed by atoms with Gasteiger partial charge in [-0.15, -0.1) is 0 Å². The first-order valence-corrected chi connectivity index (χ1v) is 11.0. The number of aromatic amines is 1. The minimum absolute atomic E-state index is 0.127. The fraction of sp³-hybridized carbons (Fsp3) is 0.192. The Labute approximate surface area is 192 Å². The molecule has 0 radical (unpaired) electrons. The number of hydrogen-bond donors (Lipinski definition) is 1. The maximum Gasteiger partial charge on any atom is 0.260 e. The molecule has 166 valence electrons. The van der Waals surface area contributed by atoms with E-state index in [2.05, 4.69) is 32.0 Å². The van der Waals surface area contributed by atoms with E-state index >= 15 is 0 Å². The summed E-state index contributed by atoms with van der Waals surface area (Å²) < 4.78 is 5.42. The summed E-state index contributed by atoms with van der Waals surface area (Å²) in [5, 5.41) is 0. The van der Waals surface area contributed by atoms with Crippen molar-refractivity contribution in [2.75, 3.05) is 36.1 Å². The lowest BCUT2D eigenvalue weighted by Gasteiger charge is -2.28. The van der Waals surface area contributed by atoms with Crippen LogP contribution in [-0.2, 0) is 11.3 Å². The summed E-state index contributed by atoms with van der Waals surface area (Å²) in [7, 11) is 0. The molecule has 0 atom stereocenters. The van der Waals surface area contributed by atoms with Crippen molar-refractivity contribution in [3.8, 4) is 11.1 Å². The molecule has 0 spiro atoms. The van der Waals surface area contributed by atoms with Crippen molar-refractivity contribution < 1.29 is 9.53 Å². The predicted octanol–water partition coefficient (Wildman–Crippen LogP) is 4.16. The number of carbonyl (C=O) groups excluding carboxylic acids is 1. The molecule has 3 heterocycles. The van der Waals surface area contributed by atoms with E-state index in [0.717, 1.165) is 35.7 Å². The summed E-state index contributed by atoms with van der Waals surface area (Å²) in [6, 6.07) is 21.9. The lowest BCUT2D eigenvalue weighted by Crippen LogP contribution is -2.37. The molecule has 7 nitrogen and oxygen atoms in total. The highest BCUT2D eigenvalue weighted by Crippen LogP contribution is 2.27. The van der Waals surface area contributed by atoms with Crippen LogP contribution in [0.2, 0.25) is 0 Å². The first kappa shape index (κ1) is 20.9. The average Bonchev–Trinajstić information content (AvgIpc) is 3.42. The van der Waals surface area contributed by atoms with Gasteiger partial charge in [0.05, 0.1) is 25.3 Å². The first-order chi connectivity index (χ1) is 16.3. The van der Waals surface area contributed by atoms with E-state index < -0.39 is 0 Å². The molecule has 33 heavy (non-hydrogen) atoms. The summed E-state index contributed by atoms with van der Waals surface area (Å²) in [6.45, 7) is 3.32.